The van der Waals surface area contributed by atoms with Crippen molar-refractivity contribution in [1.82, 2.24) is 20.5 Å². The van der Waals surface area contributed by atoms with E-state index < -0.39 is 12.3 Å². The summed E-state index contributed by atoms with van der Waals surface area (Å²) in [6.07, 6.45) is 3.99. The largest absolute Gasteiger partial charge is 1.00 e. The maximum absolute atomic E-state index is 12.8. The molecule has 0 radical (unpaired) electrons. The molecular formula is C21H20F2KN6O-. The summed E-state index contributed by atoms with van der Waals surface area (Å²) in [5, 5.41) is 12.5. The molecule has 0 aliphatic carbocycles. The van der Waals surface area contributed by atoms with E-state index in [4.69, 9.17) is 0 Å². The van der Waals surface area contributed by atoms with E-state index in [1.807, 2.05) is 19.9 Å². The Morgan fingerprint density at radius 2 is 2.10 bits per heavy atom. The predicted molar refractivity (Wildman–Crippen MR) is 107 cm³/mol. The van der Waals surface area contributed by atoms with Crippen molar-refractivity contribution in [3.05, 3.63) is 89.1 Å². The number of alkyl halides is 2. The molecular weight excluding hydrogens is 429 g/mol. The molecule has 1 unspecified atom stereocenters. The quantitative estimate of drug-likeness (QED) is 0.279. The summed E-state index contributed by atoms with van der Waals surface area (Å²) in [7, 11) is 0. The molecule has 0 bridgehead atoms. The van der Waals surface area contributed by atoms with E-state index in [0.29, 0.717) is 11.2 Å². The van der Waals surface area contributed by atoms with Crippen LogP contribution in [0.3, 0.4) is 0 Å². The molecule has 31 heavy (non-hydrogen) atoms. The normalized spacial score (nSPS) is 12.6. The van der Waals surface area contributed by atoms with Gasteiger partial charge in [-0.3, -0.25) is 20.9 Å². The molecule has 3 aromatic rings. The van der Waals surface area contributed by atoms with Gasteiger partial charge in [-0.15, -0.1) is 6.20 Å². The summed E-state index contributed by atoms with van der Waals surface area (Å²) < 4.78 is 25.6. The Kier molecular flexibility index (Phi) is 9.78. The van der Waals surface area contributed by atoms with E-state index in [-0.39, 0.29) is 68.6 Å². The van der Waals surface area contributed by atoms with E-state index in [1.54, 1.807) is 24.3 Å². The fourth-order valence-electron chi connectivity index (χ4n) is 2.61. The maximum Gasteiger partial charge on any atom is 1.00 e. The van der Waals surface area contributed by atoms with Crippen LogP contribution < -0.4 is 67.5 Å². The third-order valence-electron chi connectivity index (χ3n) is 4.18. The Morgan fingerprint density at radius 3 is 2.81 bits per heavy atom. The van der Waals surface area contributed by atoms with Crippen LogP contribution in [0.4, 0.5) is 14.5 Å². The molecule has 2 aromatic heterocycles. The molecule has 2 heterocycles. The number of pyridine rings is 1. The maximum atomic E-state index is 12.8. The number of anilines is 1. The summed E-state index contributed by atoms with van der Waals surface area (Å²) in [5.41, 5.74) is 2.67. The number of nitrogens with one attached hydrogen (secondary N) is 3. The number of aromatic nitrogens is 3. The zero-order valence-electron chi connectivity index (χ0n) is 17.4. The fraction of sp³-hybridized carbons (Fsp3) is 0.190. The Morgan fingerprint density at radius 1 is 1.29 bits per heavy atom. The smallest absolute Gasteiger partial charge is 0.560 e. The monoisotopic (exact) mass is 449 g/mol. The van der Waals surface area contributed by atoms with Crippen molar-refractivity contribution in [2.24, 2.45) is 4.99 Å². The average molecular weight is 450 g/mol. The van der Waals surface area contributed by atoms with Crippen LogP contribution >= 0.6 is 0 Å². The van der Waals surface area contributed by atoms with Gasteiger partial charge in [0.1, 0.15) is 0 Å². The molecule has 0 fully saturated rings. The number of halogens is 2. The van der Waals surface area contributed by atoms with Crippen LogP contribution in [0.2, 0.25) is 0 Å². The minimum absolute atomic E-state index is 0. The zero-order valence-corrected chi connectivity index (χ0v) is 20.5. The molecule has 0 saturated carbocycles. The van der Waals surface area contributed by atoms with E-state index in [1.165, 1.54) is 12.4 Å². The molecule has 0 saturated heterocycles. The number of H-pyrrole nitrogens is 1. The van der Waals surface area contributed by atoms with Gasteiger partial charge in [0, 0.05) is 29.7 Å². The Labute approximate surface area is 220 Å². The standard InChI is InChI=1S/C21H20F2N6O.K/c1-13-8-19(29-28-13)26-7-6-25-14(2)15-4-3-5-18(10-15)27-21(30)17-9-16(20(22)23)11-24-12-17;/h3-5,7-12,14,20,25H,1-2H3,(H,26,29)(H,27,30);/q-2;+1. The number of hydrogen-bond acceptors (Lipinski definition) is 5. The van der Waals surface area contributed by atoms with Crippen LogP contribution in [0.1, 0.15) is 46.6 Å². The van der Waals surface area contributed by atoms with Gasteiger partial charge in [0.05, 0.1) is 5.56 Å². The van der Waals surface area contributed by atoms with Crippen LogP contribution in [0.5, 0.6) is 0 Å². The van der Waals surface area contributed by atoms with Gasteiger partial charge >= 0.3 is 51.4 Å². The van der Waals surface area contributed by atoms with Crippen LogP contribution in [0, 0.1) is 13.1 Å². The third-order valence-corrected chi connectivity index (χ3v) is 4.18. The van der Waals surface area contributed by atoms with E-state index in [2.05, 4.69) is 37.0 Å². The first-order valence-corrected chi connectivity index (χ1v) is 9.12. The average Bonchev–Trinajstić information content (AvgIpc) is 3.16. The Balaban J connectivity index is 0.00000341. The molecule has 0 aliphatic rings. The number of aromatic amines is 1. The molecule has 0 spiro atoms. The number of carbonyl (C=O) groups is 1. The van der Waals surface area contributed by atoms with Crippen molar-refractivity contribution in [3.8, 4) is 0 Å². The van der Waals surface area contributed by atoms with Gasteiger partial charge < -0.3 is 21.8 Å². The minimum Gasteiger partial charge on any atom is -0.560 e. The van der Waals surface area contributed by atoms with Gasteiger partial charge in [0.15, 0.2) is 0 Å². The van der Waals surface area contributed by atoms with Gasteiger partial charge in [-0.25, -0.2) is 13.9 Å². The predicted octanol–water partition coefficient (Wildman–Crippen LogP) is 0.552. The van der Waals surface area contributed by atoms with E-state index in [0.717, 1.165) is 23.5 Å². The van der Waals surface area contributed by atoms with Gasteiger partial charge in [-0.1, -0.05) is 24.8 Å². The second kappa shape index (κ2) is 12.1. The van der Waals surface area contributed by atoms with Crippen molar-refractivity contribution < 1.29 is 65.0 Å². The van der Waals surface area contributed by atoms with Crippen LogP contribution in [0.15, 0.2) is 60.0 Å². The summed E-state index contributed by atoms with van der Waals surface area (Å²) in [6, 6.07) is 10.0. The second-order valence-corrected chi connectivity index (χ2v) is 6.55. The molecule has 3 N–H and O–H groups in total. The van der Waals surface area contributed by atoms with Crippen LogP contribution in [0.25, 0.3) is 0 Å². The molecule has 156 valence electrons. The van der Waals surface area contributed by atoms with Gasteiger partial charge in [-0.05, 0) is 36.2 Å². The minimum atomic E-state index is -2.69. The van der Waals surface area contributed by atoms with Crippen LogP contribution in [-0.4, -0.2) is 21.1 Å². The van der Waals surface area contributed by atoms with E-state index in [9.17, 15) is 13.6 Å². The number of benzene rings is 1. The molecule has 1 aromatic carbocycles. The van der Waals surface area contributed by atoms with Gasteiger partial charge in [0.25, 0.3) is 12.3 Å². The molecule has 7 nitrogen and oxygen atoms in total. The van der Waals surface area contributed by atoms with E-state index >= 15 is 0 Å². The summed E-state index contributed by atoms with van der Waals surface area (Å²) >= 11 is 0. The first-order chi connectivity index (χ1) is 14.4. The summed E-state index contributed by atoms with van der Waals surface area (Å²) in [5.74, 6) is -0.511. The molecule has 1 amide bonds. The summed E-state index contributed by atoms with van der Waals surface area (Å²) in [4.78, 5) is 20.2. The van der Waals surface area contributed by atoms with Crippen molar-refractivity contribution >= 4 is 11.6 Å². The SMILES string of the molecule is Cc1[cH-]c(=NC=[C-]NC(C)c2cccc(NC(=O)c3cncc(C(F)F)c3)c2)[nH]n1.[K+]. The number of carbonyl (C=O) groups excluding carboxylic acids is 1. The Hall–Kier alpha value is -2.11. The topological polar surface area (TPSA) is 95.1 Å². The third kappa shape index (κ3) is 7.51. The molecule has 3 rings (SSSR count). The fourth-order valence-corrected chi connectivity index (χ4v) is 2.61. The Bertz CT molecular complexity index is 1110. The first-order valence-electron chi connectivity index (χ1n) is 9.12. The number of hydrogen-bond donors (Lipinski definition) is 3. The number of rotatable bonds is 7. The molecule has 0 aliphatic heterocycles. The van der Waals surface area contributed by atoms with Crippen LogP contribution in [-0.2, 0) is 0 Å². The zero-order chi connectivity index (χ0) is 21.5. The van der Waals surface area contributed by atoms with Crippen molar-refractivity contribution in [2.75, 3.05) is 5.32 Å². The molecule has 1 atom stereocenters. The summed E-state index contributed by atoms with van der Waals surface area (Å²) in [6.45, 7) is 3.79. The van der Waals surface area contributed by atoms with Gasteiger partial charge in [-0.2, -0.15) is 0 Å². The van der Waals surface area contributed by atoms with Crippen molar-refractivity contribution in [1.29, 1.82) is 0 Å². The first kappa shape index (κ1) is 25.1. The number of amides is 1. The second-order valence-electron chi connectivity index (χ2n) is 6.55. The van der Waals surface area contributed by atoms with Gasteiger partial charge in [0.2, 0.25) is 0 Å². The van der Waals surface area contributed by atoms with Crippen molar-refractivity contribution in [3.63, 3.8) is 0 Å². The van der Waals surface area contributed by atoms with Crippen molar-refractivity contribution in [2.45, 2.75) is 26.3 Å². The number of nitrogens with zero attached hydrogens (tertiary/aromatic N) is 3. The number of aryl methyl sites for hydroxylation is 1. The molecule has 10 heteroatoms.